The van der Waals surface area contributed by atoms with Gasteiger partial charge in [-0.05, 0) is 39.8 Å². The molecule has 1 aromatic rings. The van der Waals surface area contributed by atoms with Crippen LogP contribution in [0.4, 0.5) is 0 Å². The van der Waals surface area contributed by atoms with Crippen molar-refractivity contribution in [2.45, 2.75) is 39.8 Å². The summed E-state index contributed by atoms with van der Waals surface area (Å²) < 4.78 is 11.0. The van der Waals surface area contributed by atoms with Crippen LogP contribution in [0.1, 0.15) is 27.7 Å². The normalized spacial score (nSPS) is 13.0. The summed E-state index contributed by atoms with van der Waals surface area (Å²) in [6, 6.07) is 7.94. The number of hydrogen-bond acceptors (Lipinski definition) is 3. The number of nitrogens with one attached hydrogen (secondary N) is 2. The maximum Gasteiger partial charge on any atom is 0.191 e. The topological polar surface area (TPSA) is 54.9 Å². The number of ether oxygens (including phenoxy) is 2. The van der Waals surface area contributed by atoms with Crippen molar-refractivity contribution >= 4 is 5.96 Å². The summed E-state index contributed by atoms with van der Waals surface area (Å²) in [7, 11) is 1.65. The molecule has 0 spiro atoms. The molecule has 5 heteroatoms. The van der Waals surface area contributed by atoms with E-state index in [-0.39, 0.29) is 6.10 Å². The van der Waals surface area contributed by atoms with E-state index in [9.17, 15) is 0 Å². The van der Waals surface area contributed by atoms with Gasteiger partial charge in [0.25, 0.3) is 0 Å². The van der Waals surface area contributed by atoms with Gasteiger partial charge in [0.1, 0.15) is 17.6 Å². The molecule has 0 aliphatic rings. The molecule has 1 atom stereocenters. The lowest BCUT2D eigenvalue weighted by atomic mass is 10.3. The number of guanidine groups is 1. The fraction of sp³-hybridized carbons (Fsp3) is 0.562. The van der Waals surface area contributed by atoms with E-state index in [1.807, 2.05) is 38.1 Å². The zero-order valence-corrected chi connectivity index (χ0v) is 13.6. The van der Waals surface area contributed by atoms with E-state index >= 15 is 0 Å². The quantitative estimate of drug-likeness (QED) is 0.599. The summed E-state index contributed by atoms with van der Waals surface area (Å²) in [4.78, 5) is 4.53. The molecule has 1 unspecified atom stereocenters. The molecule has 0 saturated carbocycles. The Morgan fingerprint density at radius 1 is 1.24 bits per heavy atom. The molecule has 1 aromatic carbocycles. The third-order valence-electron chi connectivity index (χ3n) is 2.65. The number of benzene rings is 1. The SMILES string of the molecule is CCNC(=NCC(C)Oc1cccc(OC)c1)NC(C)C. The molecule has 21 heavy (non-hydrogen) atoms. The first-order chi connectivity index (χ1) is 10.0. The minimum absolute atomic E-state index is 0.0141. The van der Waals surface area contributed by atoms with Crippen LogP contribution in [0.15, 0.2) is 29.3 Å². The number of hydrogen-bond donors (Lipinski definition) is 2. The van der Waals surface area contributed by atoms with E-state index in [2.05, 4.69) is 29.5 Å². The average molecular weight is 293 g/mol. The Kier molecular flexibility index (Phi) is 7.43. The molecule has 0 radical (unpaired) electrons. The summed E-state index contributed by atoms with van der Waals surface area (Å²) in [5, 5.41) is 6.50. The Morgan fingerprint density at radius 3 is 2.57 bits per heavy atom. The first-order valence-electron chi connectivity index (χ1n) is 7.40. The number of methoxy groups -OCH3 is 1. The van der Waals surface area contributed by atoms with Crippen molar-refractivity contribution < 1.29 is 9.47 Å². The average Bonchev–Trinajstić information content (AvgIpc) is 2.44. The van der Waals surface area contributed by atoms with Gasteiger partial charge in [-0.2, -0.15) is 0 Å². The lowest BCUT2D eigenvalue weighted by Crippen LogP contribution is -2.41. The van der Waals surface area contributed by atoms with Crippen LogP contribution in [-0.4, -0.2) is 38.3 Å². The molecule has 0 amide bonds. The number of aliphatic imine (C=N–C) groups is 1. The number of rotatable bonds is 7. The fourth-order valence-electron chi connectivity index (χ4n) is 1.76. The molecule has 0 heterocycles. The predicted octanol–water partition coefficient (Wildman–Crippen LogP) is 2.43. The first-order valence-corrected chi connectivity index (χ1v) is 7.40. The molecule has 0 aliphatic carbocycles. The van der Waals surface area contributed by atoms with Gasteiger partial charge < -0.3 is 20.1 Å². The molecule has 0 aromatic heterocycles. The van der Waals surface area contributed by atoms with Crippen LogP contribution >= 0.6 is 0 Å². The Hall–Kier alpha value is -1.91. The molecule has 0 bridgehead atoms. The lowest BCUT2D eigenvalue weighted by molar-refractivity contribution is 0.229. The van der Waals surface area contributed by atoms with Gasteiger partial charge in [0.15, 0.2) is 5.96 Å². The summed E-state index contributed by atoms with van der Waals surface area (Å²) in [6.07, 6.45) is -0.0141. The summed E-state index contributed by atoms with van der Waals surface area (Å²) in [6.45, 7) is 9.64. The van der Waals surface area contributed by atoms with Gasteiger partial charge in [0, 0.05) is 18.7 Å². The second-order valence-corrected chi connectivity index (χ2v) is 5.13. The van der Waals surface area contributed by atoms with Crippen molar-refractivity contribution in [2.24, 2.45) is 4.99 Å². The second kappa shape index (κ2) is 9.10. The van der Waals surface area contributed by atoms with Gasteiger partial charge in [-0.15, -0.1) is 0 Å². The Balaban J connectivity index is 2.56. The van der Waals surface area contributed by atoms with Gasteiger partial charge in [0.05, 0.1) is 13.7 Å². The lowest BCUT2D eigenvalue weighted by Gasteiger charge is -2.17. The van der Waals surface area contributed by atoms with Crippen LogP contribution in [0.2, 0.25) is 0 Å². The first kappa shape index (κ1) is 17.1. The molecule has 0 saturated heterocycles. The van der Waals surface area contributed by atoms with Crippen molar-refractivity contribution in [3.63, 3.8) is 0 Å². The highest BCUT2D eigenvalue weighted by Crippen LogP contribution is 2.19. The van der Waals surface area contributed by atoms with Gasteiger partial charge in [-0.3, -0.25) is 0 Å². The monoisotopic (exact) mass is 293 g/mol. The van der Waals surface area contributed by atoms with E-state index in [0.29, 0.717) is 12.6 Å². The van der Waals surface area contributed by atoms with E-state index in [4.69, 9.17) is 9.47 Å². The van der Waals surface area contributed by atoms with Gasteiger partial charge in [-0.25, -0.2) is 4.99 Å². The van der Waals surface area contributed by atoms with Gasteiger partial charge >= 0.3 is 0 Å². The fourth-order valence-corrected chi connectivity index (χ4v) is 1.76. The van der Waals surface area contributed by atoms with Crippen LogP contribution in [0.3, 0.4) is 0 Å². The van der Waals surface area contributed by atoms with Crippen LogP contribution in [0.5, 0.6) is 11.5 Å². The van der Waals surface area contributed by atoms with Crippen molar-refractivity contribution in [1.29, 1.82) is 0 Å². The molecule has 0 aliphatic heterocycles. The molecular weight excluding hydrogens is 266 g/mol. The molecule has 2 N–H and O–H groups in total. The minimum atomic E-state index is -0.0141. The Bertz CT molecular complexity index is 447. The van der Waals surface area contributed by atoms with Crippen molar-refractivity contribution in [3.05, 3.63) is 24.3 Å². The van der Waals surface area contributed by atoms with E-state index in [1.54, 1.807) is 7.11 Å². The molecule has 5 nitrogen and oxygen atoms in total. The molecular formula is C16H27N3O2. The third kappa shape index (κ3) is 6.88. The van der Waals surface area contributed by atoms with Crippen LogP contribution < -0.4 is 20.1 Å². The highest BCUT2D eigenvalue weighted by molar-refractivity contribution is 5.79. The van der Waals surface area contributed by atoms with Crippen LogP contribution in [0.25, 0.3) is 0 Å². The predicted molar refractivity (Wildman–Crippen MR) is 87.3 cm³/mol. The highest BCUT2D eigenvalue weighted by Gasteiger charge is 2.06. The number of nitrogens with zero attached hydrogens (tertiary/aromatic N) is 1. The maximum atomic E-state index is 5.85. The largest absolute Gasteiger partial charge is 0.497 e. The third-order valence-corrected chi connectivity index (χ3v) is 2.65. The summed E-state index contributed by atoms with van der Waals surface area (Å²) in [5.41, 5.74) is 0. The van der Waals surface area contributed by atoms with E-state index in [0.717, 1.165) is 24.0 Å². The molecule has 0 fully saturated rings. The summed E-state index contributed by atoms with van der Waals surface area (Å²) in [5.74, 6) is 2.39. The molecule has 118 valence electrons. The van der Waals surface area contributed by atoms with Gasteiger partial charge in [-0.1, -0.05) is 6.07 Å². The van der Waals surface area contributed by atoms with E-state index < -0.39 is 0 Å². The highest BCUT2D eigenvalue weighted by atomic mass is 16.5. The Morgan fingerprint density at radius 2 is 1.95 bits per heavy atom. The van der Waals surface area contributed by atoms with Crippen molar-refractivity contribution in [3.8, 4) is 11.5 Å². The van der Waals surface area contributed by atoms with E-state index in [1.165, 1.54) is 0 Å². The van der Waals surface area contributed by atoms with Crippen molar-refractivity contribution in [1.82, 2.24) is 10.6 Å². The minimum Gasteiger partial charge on any atom is -0.497 e. The molecule has 1 rings (SSSR count). The zero-order chi connectivity index (χ0) is 15.7. The standard InChI is InChI=1S/C16H27N3O2/c1-6-17-16(19-12(2)3)18-11-13(4)21-15-9-7-8-14(10-15)20-5/h7-10,12-13H,6,11H2,1-5H3,(H2,17,18,19). The summed E-state index contributed by atoms with van der Waals surface area (Å²) >= 11 is 0. The Labute approximate surface area is 127 Å². The van der Waals surface area contributed by atoms with Gasteiger partial charge in [0.2, 0.25) is 0 Å². The van der Waals surface area contributed by atoms with Crippen molar-refractivity contribution in [2.75, 3.05) is 20.2 Å². The zero-order valence-electron chi connectivity index (χ0n) is 13.6. The second-order valence-electron chi connectivity index (χ2n) is 5.13. The van der Waals surface area contributed by atoms with Crippen LogP contribution in [0, 0.1) is 0 Å². The maximum absolute atomic E-state index is 5.85. The smallest absolute Gasteiger partial charge is 0.191 e. The van der Waals surface area contributed by atoms with Crippen LogP contribution in [-0.2, 0) is 0 Å².